The number of nitrogens with zero attached hydrogens (tertiary/aromatic N) is 1. The average molecular weight is 565 g/mol. The van der Waals surface area contributed by atoms with Crippen molar-refractivity contribution in [1.82, 2.24) is 0 Å². The Kier molecular flexibility index (Phi) is 26.0. The number of rotatable bonds is 29. The summed E-state index contributed by atoms with van der Waals surface area (Å²) in [7, 11) is 0. The predicted molar refractivity (Wildman–Crippen MR) is 186 cm³/mol. The van der Waals surface area contributed by atoms with Gasteiger partial charge in [0.05, 0.1) is 19.6 Å². The van der Waals surface area contributed by atoms with Gasteiger partial charge in [-0.05, 0) is 56.8 Å². The molecule has 0 bridgehead atoms. The maximum atomic E-state index is 2.51. The zero-order valence-corrected chi connectivity index (χ0v) is 28.0. The normalized spacial score (nSPS) is 12.5. The van der Waals surface area contributed by atoms with Crippen molar-refractivity contribution in [3.63, 3.8) is 0 Å². The summed E-state index contributed by atoms with van der Waals surface area (Å²) in [5, 5.41) is 0. The number of allylic oxidation sites excluding steroid dienone is 3. The molecule has 234 valence electrons. The summed E-state index contributed by atoms with van der Waals surface area (Å²) < 4.78 is 1.09. The van der Waals surface area contributed by atoms with Crippen LogP contribution in [-0.4, -0.2) is 24.1 Å². The van der Waals surface area contributed by atoms with Gasteiger partial charge in [0.15, 0.2) is 0 Å². The highest BCUT2D eigenvalue weighted by Crippen LogP contribution is 2.18. The summed E-state index contributed by atoms with van der Waals surface area (Å²) in [6.45, 7) is 11.4. The van der Waals surface area contributed by atoms with Crippen molar-refractivity contribution in [2.24, 2.45) is 0 Å². The van der Waals surface area contributed by atoms with Crippen molar-refractivity contribution in [1.29, 1.82) is 0 Å². The number of hydrogen-bond donors (Lipinski definition) is 0. The van der Waals surface area contributed by atoms with E-state index >= 15 is 0 Å². The lowest BCUT2D eigenvalue weighted by atomic mass is 10.1. The third-order valence-corrected chi connectivity index (χ3v) is 8.51. The fraction of sp³-hybridized carbons (Fsp3) is 0.700. The summed E-state index contributed by atoms with van der Waals surface area (Å²) in [6, 6.07) is 11.2. The molecule has 0 aliphatic heterocycles. The molecule has 0 atom stereocenters. The zero-order chi connectivity index (χ0) is 29.5. The van der Waals surface area contributed by atoms with Crippen LogP contribution in [0.1, 0.15) is 161 Å². The highest BCUT2D eigenvalue weighted by molar-refractivity contribution is 5.13. The molecule has 0 amide bonds. The molecule has 0 spiro atoms. The van der Waals surface area contributed by atoms with Crippen LogP contribution in [0.5, 0.6) is 0 Å². The van der Waals surface area contributed by atoms with E-state index in [0.29, 0.717) is 0 Å². The molecular weight excluding hydrogens is 494 g/mol. The van der Waals surface area contributed by atoms with Gasteiger partial charge in [-0.1, -0.05) is 166 Å². The van der Waals surface area contributed by atoms with Gasteiger partial charge < -0.3 is 4.48 Å². The monoisotopic (exact) mass is 565 g/mol. The molecular formula is C40H70N+. The molecule has 0 fully saturated rings. The molecule has 0 heterocycles. The lowest BCUT2D eigenvalue weighted by Gasteiger charge is -2.36. The molecule has 1 rings (SSSR count). The predicted octanol–water partition coefficient (Wildman–Crippen LogP) is 12.9. The Morgan fingerprint density at radius 3 is 1.12 bits per heavy atom. The Labute approximate surface area is 258 Å². The van der Waals surface area contributed by atoms with E-state index in [2.05, 4.69) is 87.6 Å². The van der Waals surface area contributed by atoms with Crippen LogP contribution in [0.25, 0.3) is 0 Å². The average Bonchev–Trinajstić information content (AvgIpc) is 2.99. The highest BCUT2D eigenvalue weighted by atomic mass is 15.3. The topological polar surface area (TPSA) is 0 Å². The van der Waals surface area contributed by atoms with E-state index in [1.54, 1.807) is 0 Å². The Morgan fingerprint density at radius 1 is 0.415 bits per heavy atom. The van der Waals surface area contributed by atoms with Gasteiger partial charge in [-0.15, -0.1) is 0 Å². The van der Waals surface area contributed by atoms with Gasteiger partial charge in [-0.2, -0.15) is 0 Å². The van der Waals surface area contributed by atoms with Crippen LogP contribution in [0, 0.1) is 0 Å². The molecule has 1 aromatic carbocycles. The van der Waals surface area contributed by atoms with Crippen molar-refractivity contribution >= 4 is 0 Å². The van der Waals surface area contributed by atoms with Gasteiger partial charge in [-0.25, -0.2) is 0 Å². The van der Waals surface area contributed by atoms with Gasteiger partial charge >= 0.3 is 0 Å². The molecule has 1 nitrogen and oxygen atoms in total. The van der Waals surface area contributed by atoms with E-state index in [9.17, 15) is 0 Å². The van der Waals surface area contributed by atoms with Crippen LogP contribution < -0.4 is 0 Å². The fourth-order valence-corrected chi connectivity index (χ4v) is 5.76. The molecule has 1 heteroatoms. The Hall–Kier alpha value is -1.60. The van der Waals surface area contributed by atoms with Crippen molar-refractivity contribution in [3.8, 4) is 0 Å². The van der Waals surface area contributed by atoms with Crippen LogP contribution in [0.3, 0.4) is 0 Å². The van der Waals surface area contributed by atoms with Crippen LogP contribution >= 0.6 is 0 Å². The molecule has 0 aliphatic rings. The maximum Gasteiger partial charge on any atom is 0.105 e. The molecule has 0 N–H and O–H groups in total. The van der Waals surface area contributed by atoms with E-state index in [0.717, 1.165) is 30.7 Å². The van der Waals surface area contributed by atoms with Crippen molar-refractivity contribution in [2.45, 2.75) is 162 Å². The largest absolute Gasteiger partial charge is 0.310 e. The minimum absolute atomic E-state index is 1.09. The zero-order valence-electron chi connectivity index (χ0n) is 28.0. The number of unbranched alkanes of at least 4 members (excludes halogenated alkanes) is 18. The summed E-state index contributed by atoms with van der Waals surface area (Å²) in [5.41, 5.74) is 1.46. The minimum atomic E-state index is 1.09. The lowest BCUT2D eigenvalue weighted by molar-refractivity contribution is -0.925. The first-order chi connectivity index (χ1) is 20.3. The second kappa shape index (κ2) is 28.5. The smallest absolute Gasteiger partial charge is 0.105 e. The van der Waals surface area contributed by atoms with E-state index in [1.807, 2.05) is 0 Å². The Bertz CT molecular complexity index is 674. The summed E-state index contributed by atoms with van der Waals surface area (Å²) >= 11 is 0. The SMILES string of the molecule is CCCCCCCC/C=C/C[N+](C/C=C/CCCCCCCC)(C/C=C/CCCCCCCC)Cc1ccccc1. The molecule has 0 saturated carbocycles. The molecule has 0 aromatic heterocycles. The van der Waals surface area contributed by atoms with E-state index in [-0.39, 0.29) is 0 Å². The molecule has 0 radical (unpaired) electrons. The van der Waals surface area contributed by atoms with Gasteiger partial charge in [0.2, 0.25) is 0 Å². The molecule has 41 heavy (non-hydrogen) atoms. The van der Waals surface area contributed by atoms with Gasteiger partial charge in [-0.3, -0.25) is 0 Å². The standard InChI is InChI=1S/C40H70N/c1-4-7-10-13-16-19-22-25-31-36-41(39-40-34-29-28-30-35-40,37-32-26-23-20-17-14-11-8-5-2)38-33-27-24-21-18-15-12-9-6-3/h25-35H,4-24,36-39H2,1-3H3/q+1/b31-25+,32-26+,33-27+. The van der Waals surface area contributed by atoms with Crippen molar-refractivity contribution in [2.75, 3.05) is 19.6 Å². The summed E-state index contributed by atoms with van der Waals surface area (Å²) in [4.78, 5) is 0. The van der Waals surface area contributed by atoms with E-state index < -0.39 is 0 Å². The molecule has 1 aromatic rings. The van der Waals surface area contributed by atoms with Crippen molar-refractivity contribution in [3.05, 3.63) is 72.4 Å². The van der Waals surface area contributed by atoms with Crippen molar-refractivity contribution < 1.29 is 4.48 Å². The maximum absolute atomic E-state index is 2.51. The van der Waals surface area contributed by atoms with E-state index in [4.69, 9.17) is 0 Å². The van der Waals surface area contributed by atoms with E-state index in [1.165, 1.54) is 140 Å². The first kappa shape index (κ1) is 37.4. The minimum Gasteiger partial charge on any atom is -0.310 e. The summed E-state index contributed by atoms with van der Waals surface area (Å²) in [5.74, 6) is 0. The van der Waals surface area contributed by atoms with Gasteiger partial charge in [0.25, 0.3) is 0 Å². The first-order valence-corrected chi connectivity index (χ1v) is 18.1. The number of hydrogen-bond acceptors (Lipinski definition) is 0. The van der Waals surface area contributed by atoms with Gasteiger partial charge in [0, 0.05) is 5.56 Å². The fourth-order valence-electron chi connectivity index (χ4n) is 5.76. The second-order valence-electron chi connectivity index (χ2n) is 12.6. The number of quaternary nitrogens is 1. The lowest BCUT2D eigenvalue weighted by Crippen LogP contribution is -2.47. The first-order valence-electron chi connectivity index (χ1n) is 18.1. The molecule has 0 unspecified atom stereocenters. The second-order valence-corrected chi connectivity index (χ2v) is 12.6. The van der Waals surface area contributed by atoms with Crippen LogP contribution in [0.2, 0.25) is 0 Å². The van der Waals surface area contributed by atoms with Crippen LogP contribution in [0.4, 0.5) is 0 Å². The van der Waals surface area contributed by atoms with Crippen LogP contribution in [0.15, 0.2) is 66.8 Å². The third kappa shape index (κ3) is 22.6. The quantitative estimate of drug-likeness (QED) is 0.0515. The molecule has 0 aliphatic carbocycles. The Morgan fingerprint density at radius 2 is 0.756 bits per heavy atom. The summed E-state index contributed by atoms with van der Waals surface area (Å²) in [6.07, 6.45) is 43.5. The van der Waals surface area contributed by atoms with Crippen LogP contribution in [-0.2, 0) is 6.54 Å². The van der Waals surface area contributed by atoms with Gasteiger partial charge in [0.1, 0.15) is 6.54 Å². The Balaban J connectivity index is 2.77. The number of benzene rings is 1. The third-order valence-electron chi connectivity index (χ3n) is 8.51. The molecule has 0 saturated heterocycles. The highest BCUT2D eigenvalue weighted by Gasteiger charge is 2.24.